The van der Waals surface area contributed by atoms with E-state index in [1.54, 1.807) is 19.2 Å². The first-order chi connectivity index (χ1) is 12.1. The summed E-state index contributed by atoms with van der Waals surface area (Å²) in [6.07, 6.45) is 10.5. The van der Waals surface area contributed by atoms with E-state index < -0.39 is 0 Å². The molecular formula is C20H28FN3O. The number of carbonyl (C=O) groups is 1. The number of rotatable bonds is 2. The van der Waals surface area contributed by atoms with E-state index >= 15 is 0 Å². The molecule has 1 amide bonds. The van der Waals surface area contributed by atoms with Crippen molar-refractivity contribution in [3.63, 3.8) is 0 Å². The van der Waals surface area contributed by atoms with Crippen molar-refractivity contribution in [3.8, 4) is 0 Å². The van der Waals surface area contributed by atoms with Gasteiger partial charge >= 0.3 is 0 Å². The van der Waals surface area contributed by atoms with Crippen molar-refractivity contribution < 1.29 is 9.18 Å². The number of nitrogens with zero attached hydrogens (tertiary/aromatic N) is 3. The maximum atomic E-state index is 14.4. The van der Waals surface area contributed by atoms with Gasteiger partial charge in [0.2, 0.25) is 5.91 Å². The molecule has 1 aliphatic carbocycles. The molecule has 2 aliphatic heterocycles. The van der Waals surface area contributed by atoms with E-state index in [0.717, 1.165) is 38.9 Å². The fourth-order valence-electron chi connectivity index (χ4n) is 4.95. The molecule has 3 heterocycles. The molecule has 3 fully saturated rings. The lowest BCUT2D eigenvalue weighted by Gasteiger charge is -2.39. The second kappa shape index (κ2) is 6.58. The monoisotopic (exact) mass is 345 g/mol. The normalized spacial score (nSPS) is 24.3. The van der Waals surface area contributed by atoms with Crippen molar-refractivity contribution in [3.05, 3.63) is 23.6 Å². The first-order valence-corrected chi connectivity index (χ1v) is 9.78. The highest BCUT2D eigenvalue weighted by molar-refractivity contribution is 5.85. The third-order valence-corrected chi connectivity index (χ3v) is 6.65. The number of aromatic nitrogens is 1. The Hall–Kier alpha value is -1.65. The third-order valence-electron chi connectivity index (χ3n) is 6.65. The summed E-state index contributed by atoms with van der Waals surface area (Å²) < 4.78 is 14.4. The zero-order valence-electron chi connectivity index (χ0n) is 15.1. The van der Waals surface area contributed by atoms with E-state index in [2.05, 4.69) is 9.88 Å². The van der Waals surface area contributed by atoms with Crippen molar-refractivity contribution in [1.29, 1.82) is 0 Å². The van der Waals surface area contributed by atoms with Crippen LogP contribution in [0.5, 0.6) is 0 Å². The number of piperidine rings is 1. The van der Waals surface area contributed by atoms with Crippen LogP contribution >= 0.6 is 0 Å². The van der Waals surface area contributed by atoms with Gasteiger partial charge in [-0.3, -0.25) is 4.79 Å². The highest BCUT2D eigenvalue weighted by Crippen LogP contribution is 2.44. The lowest BCUT2D eigenvalue weighted by atomic mass is 9.77. The number of anilines is 1. The first-order valence-electron chi connectivity index (χ1n) is 9.78. The number of hydrogen-bond acceptors (Lipinski definition) is 3. The standard InChI is InChI=1S/C20H28FN3O/c1-15-7-11-22-18(17(15)21)23-12-8-20(9-13-23)10-14-24(19(20)25)16-5-3-2-4-6-16/h7,11,16H,2-6,8-10,12-14H2,1H3. The molecule has 136 valence electrons. The average molecular weight is 345 g/mol. The summed E-state index contributed by atoms with van der Waals surface area (Å²) in [7, 11) is 0. The van der Waals surface area contributed by atoms with Crippen LogP contribution in [0.15, 0.2) is 12.3 Å². The van der Waals surface area contributed by atoms with Crippen LogP contribution in [-0.4, -0.2) is 41.5 Å². The minimum Gasteiger partial charge on any atom is -0.354 e. The smallest absolute Gasteiger partial charge is 0.229 e. The van der Waals surface area contributed by atoms with Gasteiger partial charge in [0, 0.05) is 31.9 Å². The van der Waals surface area contributed by atoms with Gasteiger partial charge in [-0.2, -0.15) is 0 Å². The van der Waals surface area contributed by atoms with Crippen molar-refractivity contribution in [2.45, 2.75) is 64.3 Å². The molecule has 0 unspecified atom stereocenters. The van der Waals surface area contributed by atoms with Crippen LogP contribution in [0.4, 0.5) is 10.2 Å². The van der Waals surface area contributed by atoms with Gasteiger partial charge in [-0.05, 0) is 50.7 Å². The maximum Gasteiger partial charge on any atom is 0.229 e. The molecule has 1 aromatic rings. The predicted molar refractivity (Wildman–Crippen MR) is 96.0 cm³/mol. The fraction of sp³-hybridized carbons (Fsp3) is 0.700. The Morgan fingerprint density at radius 3 is 2.52 bits per heavy atom. The number of likely N-dealkylation sites (tertiary alicyclic amines) is 1. The summed E-state index contributed by atoms with van der Waals surface area (Å²) in [4.78, 5) is 21.6. The zero-order valence-corrected chi connectivity index (χ0v) is 15.1. The van der Waals surface area contributed by atoms with Crippen LogP contribution in [0.1, 0.15) is 56.9 Å². The molecule has 0 N–H and O–H groups in total. The molecule has 0 radical (unpaired) electrons. The number of pyridine rings is 1. The molecule has 4 nitrogen and oxygen atoms in total. The van der Waals surface area contributed by atoms with Crippen LogP contribution in [0.3, 0.4) is 0 Å². The Bertz CT molecular complexity index is 648. The topological polar surface area (TPSA) is 36.4 Å². The maximum absolute atomic E-state index is 14.4. The van der Waals surface area contributed by atoms with Crippen molar-refractivity contribution in [2.24, 2.45) is 5.41 Å². The van der Waals surface area contributed by atoms with Crippen molar-refractivity contribution >= 4 is 11.7 Å². The second-order valence-electron chi connectivity index (χ2n) is 8.07. The molecule has 0 bridgehead atoms. The van der Waals surface area contributed by atoms with Crippen LogP contribution in [-0.2, 0) is 4.79 Å². The van der Waals surface area contributed by atoms with E-state index in [1.807, 2.05) is 4.90 Å². The molecule has 1 aromatic heterocycles. The Morgan fingerprint density at radius 1 is 1.12 bits per heavy atom. The van der Waals surface area contributed by atoms with Gasteiger partial charge in [-0.25, -0.2) is 9.37 Å². The highest BCUT2D eigenvalue weighted by Gasteiger charge is 2.49. The van der Waals surface area contributed by atoms with Crippen LogP contribution < -0.4 is 4.90 Å². The second-order valence-corrected chi connectivity index (χ2v) is 8.07. The number of carbonyl (C=O) groups excluding carboxylic acids is 1. The van der Waals surface area contributed by atoms with Gasteiger partial charge in [0.05, 0.1) is 5.41 Å². The van der Waals surface area contributed by atoms with E-state index in [1.165, 1.54) is 32.1 Å². The Balaban J connectivity index is 1.44. The molecule has 5 heteroatoms. The molecular weight excluding hydrogens is 317 g/mol. The van der Waals surface area contributed by atoms with Crippen LogP contribution in [0, 0.1) is 18.2 Å². The fourth-order valence-corrected chi connectivity index (χ4v) is 4.95. The molecule has 25 heavy (non-hydrogen) atoms. The van der Waals surface area contributed by atoms with Crippen LogP contribution in [0.25, 0.3) is 0 Å². The molecule has 3 aliphatic rings. The summed E-state index contributed by atoms with van der Waals surface area (Å²) in [5, 5.41) is 0. The van der Waals surface area contributed by atoms with E-state index in [4.69, 9.17) is 0 Å². The largest absolute Gasteiger partial charge is 0.354 e. The molecule has 0 aromatic carbocycles. The summed E-state index contributed by atoms with van der Waals surface area (Å²) >= 11 is 0. The minimum absolute atomic E-state index is 0.200. The van der Waals surface area contributed by atoms with Gasteiger partial charge in [0.25, 0.3) is 0 Å². The number of aryl methyl sites for hydroxylation is 1. The SMILES string of the molecule is Cc1ccnc(N2CCC3(CC2)CCN(C2CCCCC2)C3=O)c1F. The molecule has 1 spiro atoms. The van der Waals surface area contributed by atoms with Gasteiger partial charge < -0.3 is 9.80 Å². The molecule has 0 atom stereocenters. The minimum atomic E-state index is -0.222. The van der Waals surface area contributed by atoms with Crippen LogP contribution in [0.2, 0.25) is 0 Å². The zero-order chi connectivity index (χ0) is 17.4. The summed E-state index contributed by atoms with van der Waals surface area (Å²) in [6.45, 7) is 4.13. The number of halogens is 1. The number of hydrogen-bond donors (Lipinski definition) is 0. The Labute approximate surface area is 149 Å². The number of amides is 1. The summed E-state index contributed by atoms with van der Waals surface area (Å²) in [6, 6.07) is 2.17. The molecule has 2 saturated heterocycles. The highest BCUT2D eigenvalue weighted by atomic mass is 19.1. The summed E-state index contributed by atoms with van der Waals surface area (Å²) in [5.41, 5.74) is 0.430. The van der Waals surface area contributed by atoms with Gasteiger partial charge in [-0.1, -0.05) is 19.3 Å². The van der Waals surface area contributed by atoms with Crippen molar-refractivity contribution in [1.82, 2.24) is 9.88 Å². The Morgan fingerprint density at radius 2 is 1.80 bits per heavy atom. The van der Waals surface area contributed by atoms with Crippen molar-refractivity contribution in [2.75, 3.05) is 24.5 Å². The summed E-state index contributed by atoms with van der Waals surface area (Å²) in [5.74, 6) is 0.598. The lowest BCUT2D eigenvalue weighted by Crippen LogP contribution is -2.47. The Kier molecular flexibility index (Phi) is 4.42. The molecule has 1 saturated carbocycles. The predicted octanol–water partition coefficient (Wildman–Crippen LogP) is 3.68. The quantitative estimate of drug-likeness (QED) is 0.820. The van der Waals surface area contributed by atoms with E-state index in [0.29, 0.717) is 23.3 Å². The van der Waals surface area contributed by atoms with E-state index in [-0.39, 0.29) is 11.2 Å². The first kappa shape index (κ1) is 16.8. The molecule has 4 rings (SSSR count). The van der Waals surface area contributed by atoms with E-state index in [9.17, 15) is 9.18 Å². The van der Waals surface area contributed by atoms with Gasteiger partial charge in [0.1, 0.15) is 0 Å². The third kappa shape index (κ3) is 2.91. The average Bonchev–Trinajstić information content (AvgIpc) is 2.96. The lowest BCUT2D eigenvalue weighted by molar-refractivity contribution is -0.139. The van der Waals surface area contributed by atoms with Gasteiger partial charge in [0.15, 0.2) is 11.6 Å². The van der Waals surface area contributed by atoms with Gasteiger partial charge in [-0.15, -0.1) is 0 Å².